The average Bonchev–Trinajstić information content (AvgIpc) is 3.58. The number of hydrogen-bond acceptors (Lipinski definition) is 7. The van der Waals surface area contributed by atoms with Crippen LogP contribution in [0.2, 0.25) is 0 Å². The zero-order chi connectivity index (χ0) is 38.5. The largest absolute Gasteiger partial charge is 0.433 e. The monoisotopic (exact) mass is 760 g/mol. The number of nitrogens with zero attached hydrogens (tertiary/aromatic N) is 6. The minimum Gasteiger partial charge on any atom is -0.321 e. The minimum absolute atomic E-state index is 0.115. The number of alkyl halides is 5. The van der Waals surface area contributed by atoms with E-state index >= 15 is 8.78 Å². The van der Waals surface area contributed by atoms with Crippen molar-refractivity contribution in [1.82, 2.24) is 30.0 Å². The molecule has 2 aliphatic heterocycles. The van der Waals surface area contributed by atoms with Crippen molar-refractivity contribution in [3.63, 3.8) is 0 Å². The Hall–Kier alpha value is -5.51. The van der Waals surface area contributed by atoms with Gasteiger partial charge in [0, 0.05) is 53.8 Å². The molecule has 8 rings (SSSR count). The Labute approximate surface area is 311 Å². The number of carbonyl (C=O) groups is 3. The summed E-state index contributed by atoms with van der Waals surface area (Å²) in [7, 11) is 0. The molecule has 0 bridgehead atoms. The second kappa shape index (κ2) is 14.3. The van der Waals surface area contributed by atoms with Gasteiger partial charge in [-0.25, -0.2) is 18.6 Å². The SMILES string of the molecule is O=C1CCN(c2cncc3c(C4CCN(CC5CCC(n6cc7cc(NC(=O)c8cccc(C(F)(F)F)n8)ccc7n6)CC5)CC4(F)F)cccc23)C(=O)N1. The summed E-state index contributed by atoms with van der Waals surface area (Å²) in [6.45, 7) is 0.921. The number of benzene rings is 2. The van der Waals surface area contributed by atoms with Gasteiger partial charge >= 0.3 is 12.2 Å². The van der Waals surface area contributed by atoms with Crippen LogP contribution in [-0.4, -0.2) is 74.6 Å². The first-order valence-corrected chi connectivity index (χ1v) is 18.2. The molecule has 16 heteroatoms. The lowest BCUT2D eigenvalue weighted by Gasteiger charge is -2.41. The van der Waals surface area contributed by atoms with E-state index in [-0.39, 0.29) is 49.5 Å². The fourth-order valence-electron chi connectivity index (χ4n) is 8.25. The molecule has 0 spiro atoms. The van der Waals surface area contributed by atoms with E-state index in [2.05, 4.69) is 20.6 Å². The van der Waals surface area contributed by atoms with Crippen LogP contribution in [0.3, 0.4) is 0 Å². The molecule has 1 atom stereocenters. The van der Waals surface area contributed by atoms with Crippen LogP contribution >= 0.6 is 0 Å². The molecule has 3 aliphatic rings. The predicted molar refractivity (Wildman–Crippen MR) is 194 cm³/mol. The summed E-state index contributed by atoms with van der Waals surface area (Å²) in [6.07, 6.45) is 4.08. The molecule has 55 heavy (non-hydrogen) atoms. The van der Waals surface area contributed by atoms with E-state index in [1.165, 1.54) is 17.2 Å². The van der Waals surface area contributed by atoms with Crippen molar-refractivity contribution in [2.24, 2.45) is 5.92 Å². The van der Waals surface area contributed by atoms with Crippen LogP contribution in [0.4, 0.5) is 38.1 Å². The van der Waals surface area contributed by atoms with Gasteiger partial charge in [0.1, 0.15) is 11.4 Å². The van der Waals surface area contributed by atoms with Gasteiger partial charge in [-0.15, -0.1) is 0 Å². The normalized spacial score (nSPS) is 22.2. The fourth-order valence-corrected chi connectivity index (χ4v) is 8.25. The lowest BCUT2D eigenvalue weighted by molar-refractivity contribution is -0.141. The number of hydrogen-bond donors (Lipinski definition) is 2. The molecule has 3 aromatic heterocycles. The number of halogens is 5. The van der Waals surface area contributed by atoms with Crippen molar-refractivity contribution in [1.29, 1.82) is 0 Å². The summed E-state index contributed by atoms with van der Waals surface area (Å²) in [5.74, 6) is -4.87. The fraction of sp³-hybridized carbons (Fsp3) is 0.385. The third-order valence-electron chi connectivity index (χ3n) is 11.0. The van der Waals surface area contributed by atoms with E-state index in [4.69, 9.17) is 5.10 Å². The average molecular weight is 761 g/mol. The van der Waals surface area contributed by atoms with Crippen molar-refractivity contribution < 1.29 is 36.3 Å². The number of imide groups is 1. The van der Waals surface area contributed by atoms with Gasteiger partial charge in [0.25, 0.3) is 11.8 Å². The molecular weight excluding hydrogens is 723 g/mol. The van der Waals surface area contributed by atoms with Crippen molar-refractivity contribution in [3.05, 3.63) is 90.1 Å². The van der Waals surface area contributed by atoms with Crippen LogP contribution in [0.5, 0.6) is 0 Å². The molecule has 2 N–H and O–H groups in total. The number of piperidine rings is 1. The smallest absolute Gasteiger partial charge is 0.321 e. The third kappa shape index (κ3) is 7.46. The molecule has 5 heterocycles. The van der Waals surface area contributed by atoms with E-state index in [0.29, 0.717) is 46.3 Å². The van der Waals surface area contributed by atoms with Crippen LogP contribution in [-0.2, 0) is 11.0 Å². The first kappa shape index (κ1) is 36.5. The number of likely N-dealkylation sites (tertiary alicyclic amines) is 1. The van der Waals surface area contributed by atoms with Crippen LogP contribution in [0.15, 0.2) is 73.2 Å². The lowest BCUT2D eigenvalue weighted by atomic mass is 9.82. The highest BCUT2D eigenvalue weighted by molar-refractivity contribution is 6.10. The van der Waals surface area contributed by atoms with Gasteiger partial charge in [0.15, 0.2) is 0 Å². The van der Waals surface area contributed by atoms with Gasteiger partial charge in [0.05, 0.1) is 35.9 Å². The first-order chi connectivity index (χ1) is 26.3. The van der Waals surface area contributed by atoms with Crippen molar-refractivity contribution in [2.45, 2.75) is 62.6 Å². The number of amides is 4. The molecule has 1 unspecified atom stereocenters. The number of urea groups is 1. The van der Waals surface area contributed by atoms with Gasteiger partial charge < -0.3 is 5.32 Å². The summed E-state index contributed by atoms with van der Waals surface area (Å²) in [4.78, 5) is 48.0. The number of nitrogens with one attached hydrogen (secondary N) is 2. The number of rotatable bonds is 7. The molecule has 4 amide bonds. The Morgan fingerprint density at radius 2 is 1.75 bits per heavy atom. The molecule has 3 fully saturated rings. The molecule has 286 valence electrons. The molecule has 1 aliphatic carbocycles. The number of carbonyl (C=O) groups excluding carboxylic acids is 3. The van der Waals surface area contributed by atoms with Gasteiger partial charge in [-0.2, -0.15) is 18.3 Å². The molecule has 2 saturated heterocycles. The highest BCUT2D eigenvalue weighted by Crippen LogP contribution is 2.44. The lowest BCUT2D eigenvalue weighted by Crippen LogP contribution is -2.49. The summed E-state index contributed by atoms with van der Waals surface area (Å²) in [5.41, 5.74) is 0.583. The molecule has 1 saturated carbocycles. The zero-order valence-corrected chi connectivity index (χ0v) is 29.5. The van der Waals surface area contributed by atoms with Gasteiger partial charge in [-0.1, -0.05) is 24.3 Å². The topological polar surface area (TPSA) is 125 Å². The Kier molecular flexibility index (Phi) is 9.47. The molecular formula is C39H37F5N8O3. The molecule has 11 nitrogen and oxygen atoms in total. The number of anilines is 2. The van der Waals surface area contributed by atoms with Crippen molar-refractivity contribution >= 4 is 50.9 Å². The number of pyridine rings is 2. The van der Waals surface area contributed by atoms with Crippen LogP contribution in [0.1, 0.15) is 72.2 Å². The van der Waals surface area contributed by atoms with E-state index in [0.717, 1.165) is 43.2 Å². The van der Waals surface area contributed by atoms with Gasteiger partial charge in [-0.3, -0.25) is 34.4 Å². The predicted octanol–water partition coefficient (Wildman–Crippen LogP) is 7.55. The number of fused-ring (bicyclic) bond motifs is 2. The maximum Gasteiger partial charge on any atom is 0.433 e. The van der Waals surface area contributed by atoms with E-state index < -0.39 is 35.6 Å². The highest BCUT2D eigenvalue weighted by Gasteiger charge is 2.46. The Morgan fingerprint density at radius 1 is 0.945 bits per heavy atom. The van der Waals surface area contributed by atoms with Gasteiger partial charge in [-0.05, 0) is 80.5 Å². The van der Waals surface area contributed by atoms with Crippen LogP contribution < -0.4 is 15.5 Å². The van der Waals surface area contributed by atoms with Crippen molar-refractivity contribution in [2.75, 3.05) is 36.4 Å². The molecule has 0 radical (unpaired) electrons. The van der Waals surface area contributed by atoms with Crippen LogP contribution in [0.25, 0.3) is 21.7 Å². The first-order valence-electron chi connectivity index (χ1n) is 18.2. The minimum atomic E-state index is -4.67. The highest BCUT2D eigenvalue weighted by atomic mass is 19.4. The summed E-state index contributed by atoms with van der Waals surface area (Å²) < 4.78 is 73.2. The molecule has 5 aromatic rings. The second-order valence-electron chi connectivity index (χ2n) is 14.6. The van der Waals surface area contributed by atoms with E-state index in [1.54, 1.807) is 42.6 Å². The number of aromatic nitrogens is 4. The maximum atomic E-state index is 16.0. The van der Waals surface area contributed by atoms with Crippen molar-refractivity contribution in [3.8, 4) is 0 Å². The Morgan fingerprint density at radius 3 is 2.51 bits per heavy atom. The quantitative estimate of drug-likeness (QED) is 0.164. The third-order valence-corrected chi connectivity index (χ3v) is 11.0. The summed E-state index contributed by atoms with van der Waals surface area (Å²) in [6, 6.07) is 13.0. The maximum absolute atomic E-state index is 16.0. The van der Waals surface area contributed by atoms with E-state index in [9.17, 15) is 27.6 Å². The summed E-state index contributed by atoms with van der Waals surface area (Å²) >= 11 is 0. The van der Waals surface area contributed by atoms with Gasteiger partial charge in [0.2, 0.25) is 5.91 Å². The Balaban J connectivity index is 0.876. The Bertz CT molecular complexity index is 2290. The standard InChI is InChI=1S/C39H37F5N8O3/c40-38(41)22-50(15-13-30(38)27-3-1-4-28-29(27)18-45-19-33(28)51-16-14-35(53)48-37(51)55)20-23-7-10-26(11-8-23)52-21-24-17-25(9-12-31(24)49-52)46-36(54)32-5-2-6-34(47-32)39(42,43)44/h1-6,9,12,17-19,21,23,26,30H,7-8,10-11,13-16,20,22H2,(H,46,54)(H,48,53,55). The van der Waals surface area contributed by atoms with Crippen LogP contribution in [0, 0.1) is 5.92 Å². The molecule has 2 aromatic carbocycles. The summed E-state index contributed by atoms with van der Waals surface area (Å²) in [5, 5.41) is 11.6. The van der Waals surface area contributed by atoms with E-state index in [1.807, 2.05) is 15.8 Å². The second-order valence-corrected chi connectivity index (χ2v) is 14.6. The zero-order valence-electron chi connectivity index (χ0n) is 29.5.